The molecule has 3 aromatic rings. The van der Waals surface area contributed by atoms with Gasteiger partial charge in [-0.05, 0) is 30.5 Å². The van der Waals surface area contributed by atoms with E-state index in [0.29, 0.717) is 42.1 Å². The number of rotatable bonds is 7. The van der Waals surface area contributed by atoms with Gasteiger partial charge in [0.25, 0.3) is 0 Å². The zero-order valence-corrected chi connectivity index (χ0v) is 21.2. The van der Waals surface area contributed by atoms with Crippen LogP contribution in [0.15, 0.2) is 53.4 Å². The molecule has 0 unspecified atom stereocenters. The van der Waals surface area contributed by atoms with E-state index in [9.17, 15) is 13.2 Å². The molecule has 180 valence electrons. The van der Waals surface area contributed by atoms with E-state index in [1.54, 1.807) is 12.1 Å². The number of carbonyl (C=O) groups excluding carboxylic acids is 1. The summed E-state index contributed by atoms with van der Waals surface area (Å²) < 4.78 is 27.5. The van der Waals surface area contributed by atoms with Crippen molar-refractivity contribution in [1.29, 1.82) is 0 Å². The number of hydrogen-bond acceptors (Lipinski definition) is 7. The van der Waals surface area contributed by atoms with E-state index in [1.807, 2.05) is 48.2 Å². The molecular formula is C24H29N5O3S2. The highest BCUT2D eigenvalue weighted by Gasteiger charge is 2.29. The second kappa shape index (κ2) is 10.3. The van der Waals surface area contributed by atoms with Gasteiger partial charge in [0.1, 0.15) is 5.01 Å². The summed E-state index contributed by atoms with van der Waals surface area (Å²) >= 11 is 1.33. The Morgan fingerprint density at radius 1 is 1.00 bits per heavy atom. The molecule has 0 bridgehead atoms. The molecule has 1 amide bonds. The minimum absolute atomic E-state index is 0.177. The number of piperazine rings is 1. The lowest BCUT2D eigenvalue weighted by Crippen LogP contribution is -2.50. The molecule has 0 atom stereocenters. The van der Waals surface area contributed by atoms with E-state index in [0.717, 1.165) is 16.1 Å². The highest BCUT2D eigenvalue weighted by molar-refractivity contribution is 7.89. The van der Waals surface area contributed by atoms with Crippen LogP contribution in [0.3, 0.4) is 0 Å². The summed E-state index contributed by atoms with van der Waals surface area (Å²) in [4.78, 5) is 14.8. The van der Waals surface area contributed by atoms with Crippen molar-refractivity contribution in [2.24, 2.45) is 0 Å². The molecule has 2 aromatic carbocycles. The third-order valence-corrected chi connectivity index (χ3v) is 8.65. The Bertz CT molecular complexity index is 1230. The number of amides is 1. The monoisotopic (exact) mass is 499 g/mol. The Kier molecular flexibility index (Phi) is 7.42. The summed E-state index contributed by atoms with van der Waals surface area (Å²) in [5.74, 6) is 0.160. The molecule has 2 heterocycles. The minimum atomic E-state index is -3.54. The SMILES string of the molecule is Cc1ccc(-c2nnc(NC(=O)CN3CCN(S(=O)(=O)c4ccc(C(C)C)cc4)CC3)s2)cc1. The van der Waals surface area contributed by atoms with Gasteiger partial charge >= 0.3 is 0 Å². The van der Waals surface area contributed by atoms with E-state index < -0.39 is 10.0 Å². The number of anilines is 1. The fourth-order valence-electron chi connectivity index (χ4n) is 3.75. The first-order valence-corrected chi connectivity index (χ1v) is 13.5. The van der Waals surface area contributed by atoms with Gasteiger partial charge in [-0.1, -0.05) is 67.1 Å². The third-order valence-electron chi connectivity index (χ3n) is 5.85. The molecule has 0 aliphatic carbocycles. The quantitative estimate of drug-likeness (QED) is 0.534. The molecule has 34 heavy (non-hydrogen) atoms. The topological polar surface area (TPSA) is 95.5 Å². The fraction of sp³-hybridized carbons (Fsp3) is 0.375. The van der Waals surface area contributed by atoms with Crippen LogP contribution < -0.4 is 5.32 Å². The Morgan fingerprint density at radius 3 is 2.26 bits per heavy atom. The molecule has 1 aliphatic heterocycles. The molecule has 4 rings (SSSR count). The van der Waals surface area contributed by atoms with E-state index in [-0.39, 0.29) is 12.5 Å². The van der Waals surface area contributed by atoms with Gasteiger partial charge in [-0.3, -0.25) is 15.0 Å². The number of sulfonamides is 1. The molecular weight excluding hydrogens is 470 g/mol. The Morgan fingerprint density at radius 2 is 1.65 bits per heavy atom. The second-order valence-electron chi connectivity index (χ2n) is 8.73. The molecule has 0 radical (unpaired) electrons. The van der Waals surface area contributed by atoms with Crippen LogP contribution in [0.4, 0.5) is 5.13 Å². The van der Waals surface area contributed by atoms with Crippen molar-refractivity contribution in [2.75, 3.05) is 38.0 Å². The lowest BCUT2D eigenvalue weighted by Gasteiger charge is -2.33. The molecule has 10 heteroatoms. The summed E-state index contributed by atoms with van der Waals surface area (Å²) in [5, 5.41) is 12.2. The highest BCUT2D eigenvalue weighted by atomic mass is 32.2. The number of nitrogens with zero attached hydrogens (tertiary/aromatic N) is 4. The van der Waals surface area contributed by atoms with Gasteiger partial charge in [-0.15, -0.1) is 10.2 Å². The molecule has 1 N–H and O–H groups in total. The average Bonchev–Trinajstić information content (AvgIpc) is 3.28. The van der Waals surface area contributed by atoms with Gasteiger partial charge in [0.2, 0.25) is 21.1 Å². The zero-order chi connectivity index (χ0) is 24.3. The number of nitrogens with one attached hydrogen (secondary N) is 1. The van der Waals surface area contributed by atoms with Gasteiger partial charge in [0.15, 0.2) is 0 Å². The molecule has 1 aliphatic rings. The predicted molar refractivity (Wildman–Crippen MR) is 134 cm³/mol. The number of hydrogen-bond donors (Lipinski definition) is 1. The zero-order valence-electron chi connectivity index (χ0n) is 19.6. The van der Waals surface area contributed by atoms with Crippen LogP contribution in [0.2, 0.25) is 0 Å². The summed E-state index contributed by atoms with van der Waals surface area (Å²) in [6.07, 6.45) is 0. The predicted octanol–water partition coefficient (Wildman–Crippen LogP) is 3.58. The first kappa shape index (κ1) is 24.5. The van der Waals surface area contributed by atoms with E-state index in [2.05, 4.69) is 29.4 Å². The Labute approximate surface area is 204 Å². The van der Waals surface area contributed by atoms with Gasteiger partial charge in [-0.25, -0.2) is 8.42 Å². The van der Waals surface area contributed by atoms with Crippen LogP contribution in [0.25, 0.3) is 10.6 Å². The van der Waals surface area contributed by atoms with E-state index >= 15 is 0 Å². The maximum Gasteiger partial charge on any atom is 0.243 e. The van der Waals surface area contributed by atoms with Crippen LogP contribution in [-0.2, 0) is 14.8 Å². The van der Waals surface area contributed by atoms with Gasteiger partial charge in [-0.2, -0.15) is 4.31 Å². The molecule has 8 nitrogen and oxygen atoms in total. The summed E-state index contributed by atoms with van der Waals surface area (Å²) in [6, 6.07) is 15.1. The number of aromatic nitrogens is 2. The second-order valence-corrected chi connectivity index (χ2v) is 11.6. The maximum absolute atomic E-state index is 13.0. The lowest BCUT2D eigenvalue weighted by molar-refractivity contribution is -0.117. The van der Waals surface area contributed by atoms with Crippen molar-refractivity contribution in [3.8, 4) is 10.6 Å². The van der Waals surface area contributed by atoms with Gasteiger partial charge in [0.05, 0.1) is 11.4 Å². The maximum atomic E-state index is 13.0. The largest absolute Gasteiger partial charge is 0.299 e. The molecule has 0 spiro atoms. The van der Waals surface area contributed by atoms with E-state index in [1.165, 1.54) is 21.2 Å². The first-order valence-electron chi connectivity index (χ1n) is 11.3. The highest BCUT2D eigenvalue weighted by Crippen LogP contribution is 2.26. The first-order chi connectivity index (χ1) is 16.2. The summed E-state index contributed by atoms with van der Waals surface area (Å²) in [5.41, 5.74) is 3.23. The van der Waals surface area contributed by atoms with Gasteiger partial charge in [0, 0.05) is 31.7 Å². The number of aryl methyl sites for hydroxylation is 1. The van der Waals surface area contributed by atoms with E-state index in [4.69, 9.17) is 0 Å². The molecule has 0 saturated carbocycles. The summed E-state index contributed by atoms with van der Waals surface area (Å²) in [7, 11) is -3.54. The Hall–Kier alpha value is -2.66. The van der Waals surface area contributed by atoms with Crippen molar-refractivity contribution >= 4 is 32.4 Å². The molecule has 1 saturated heterocycles. The fourth-order valence-corrected chi connectivity index (χ4v) is 5.94. The van der Waals surface area contributed by atoms with Crippen LogP contribution in [0.1, 0.15) is 30.9 Å². The van der Waals surface area contributed by atoms with Crippen molar-refractivity contribution < 1.29 is 13.2 Å². The van der Waals surface area contributed by atoms with Crippen molar-refractivity contribution in [2.45, 2.75) is 31.6 Å². The minimum Gasteiger partial charge on any atom is -0.299 e. The number of carbonyl (C=O) groups is 1. The standard InChI is InChI=1S/C24H29N5O3S2/c1-17(2)19-8-10-21(11-9-19)34(31,32)29-14-12-28(13-15-29)16-22(30)25-24-27-26-23(33-24)20-6-4-18(3)5-7-20/h4-11,17H,12-16H2,1-3H3,(H,25,27,30). The average molecular weight is 500 g/mol. The lowest BCUT2D eigenvalue weighted by atomic mass is 10.0. The normalized spacial score (nSPS) is 15.5. The van der Waals surface area contributed by atoms with Crippen LogP contribution in [0, 0.1) is 6.92 Å². The molecule has 1 fully saturated rings. The van der Waals surface area contributed by atoms with Crippen LogP contribution in [0.5, 0.6) is 0 Å². The third kappa shape index (κ3) is 5.69. The number of benzene rings is 2. The Balaban J connectivity index is 1.29. The van der Waals surface area contributed by atoms with Gasteiger partial charge < -0.3 is 0 Å². The van der Waals surface area contributed by atoms with Crippen molar-refractivity contribution in [1.82, 2.24) is 19.4 Å². The molecule has 1 aromatic heterocycles. The smallest absolute Gasteiger partial charge is 0.243 e. The van der Waals surface area contributed by atoms with Crippen LogP contribution >= 0.6 is 11.3 Å². The van der Waals surface area contributed by atoms with Crippen molar-refractivity contribution in [3.05, 3.63) is 59.7 Å². The summed E-state index contributed by atoms with van der Waals surface area (Å²) in [6.45, 7) is 8.02. The van der Waals surface area contributed by atoms with Crippen LogP contribution in [-0.4, -0.2) is 66.5 Å². The van der Waals surface area contributed by atoms with Crippen molar-refractivity contribution in [3.63, 3.8) is 0 Å².